The van der Waals surface area contributed by atoms with Crippen LogP contribution in [-0.4, -0.2) is 71.4 Å². The number of hydrogen-bond donors (Lipinski definition) is 2. The van der Waals surface area contributed by atoms with E-state index in [1.807, 2.05) is 9.62 Å². The van der Waals surface area contributed by atoms with E-state index >= 15 is 0 Å². The number of aromatic nitrogens is 2. The minimum atomic E-state index is -3.94. The molecule has 4 aliphatic heterocycles. The normalized spacial score (nSPS) is 24.8. The average molecular weight is 653 g/mol. The van der Waals surface area contributed by atoms with Crippen molar-refractivity contribution >= 4 is 38.7 Å². The molecule has 2 bridgehead atoms. The highest BCUT2D eigenvalue weighted by Gasteiger charge is 2.44. The summed E-state index contributed by atoms with van der Waals surface area (Å²) in [6, 6.07) is 24.4. The zero-order valence-electron chi connectivity index (χ0n) is 26.6. The zero-order valence-corrected chi connectivity index (χ0v) is 27.4. The van der Waals surface area contributed by atoms with Crippen LogP contribution in [0.2, 0.25) is 0 Å². The number of fused-ring (bicyclic) bond motifs is 4. The number of hydrogen-bond acceptors (Lipinski definition) is 6. The maximum Gasteiger partial charge on any atom is 0.333 e. The average Bonchev–Trinajstić information content (AvgIpc) is 3.53. The maximum absolute atomic E-state index is 13.6. The fraction of sp³-hybridized carbons (Fsp3) is 0.417. The first-order valence-electron chi connectivity index (χ1n) is 16.7. The molecule has 0 aliphatic carbocycles. The molecular weight excluding hydrogens is 613 g/mol. The molecular formula is C36H40N6O4S. The molecule has 11 heteroatoms. The maximum atomic E-state index is 13.6. The van der Waals surface area contributed by atoms with Gasteiger partial charge in [0.1, 0.15) is 10.7 Å². The number of para-hydroxylation sites is 2. The van der Waals surface area contributed by atoms with Crippen LogP contribution in [-0.2, 0) is 15.4 Å². The van der Waals surface area contributed by atoms with Gasteiger partial charge in [0.05, 0.1) is 16.7 Å². The van der Waals surface area contributed by atoms with E-state index in [0.717, 1.165) is 50.0 Å². The Labute approximate surface area is 275 Å². The Hall–Kier alpha value is -4.22. The quantitative estimate of drug-likeness (QED) is 0.280. The van der Waals surface area contributed by atoms with E-state index in [1.165, 1.54) is 42.1 Å². The number of carbonyl (C=O) groups excluding carboxylic acids is 2. The molecule has 0 unspecified atom stereocenters. The van der Waals surface area contributed by atoms with E-state index in [2.05, 4.69) is 76.3 Å². The first-order valence-corrected chi connectivity index (χ1v) is 18.2. The van der Waals surface area contributed by atoms with Gasteiger partial charge in [-0.3, -0.25) is 9.69 Å². The summed E-state index contributed by atoms with van der Waals surface area (Å²) in [7, 11) is -3.94. The lowest BCUT2D eigenvalue weighted by Gasteiger charge is -2.45. The molecule has 244 valence electrons. The molecule has 8 rings (SSSR count). The fourth-order valence-corrected chi connectivity index (χ4v) is 9.96. The molecule has 0 radical (unpaired) electrons. The highest BCUT2D eigenvalue weighted by atomic mass is 32.2. The number of sulfonamides is 1. The molecule has 1 aromatic heterocycles. The van der Waals surface area contributed by atoms with Crippen molar-refractivity contribution in [1.82, 2.24) is 24.1 Å². The van der Waals surface area contributed by atoms with E-state index in [1.54, 1.807) is 0 Å². The van der Waals surface area contributed by atoms with Gasteiger partial charge in [-0.1, -0.05) is 42.5 Å². The summed E-state index contributed by atoms with van der Waals surface area (Å²) >= 11 is 0. The number of nitrogens with one attached hydrogen (secondary N) is 2. The molecule has 5 heterocycles. The lowest BCUT2D eigenvalue weighted by Crippen LogP contribution is -2.49. The molecule has 4 aromatic rings. The van der Waals surface area contributed by atoms with E-state index in [4.69, 9.17) is 4.98 Å². The first kappa shape index (κ1) is 30.1. The first-order chi connectivity index (χ1) is 22.7. The van der Waals surface area contributed by atoms with Crippen molar-refractivity contribution in [2.45, 2.75) is 80.3 Å². The highest BCUT2D eigenvalue weighted by molar-refractivity contribution is 7.90. The number of amides is 3. The fourth-order valence-electron chi connectivity index (χ4n) is 8.91. The van der Waals surface area contributed by atoms with Crippen LogP contribution in [0.5, 0.6) is 0 Å². The second kappa shape index (κ2) is 11.5. The number of rotatable bonds is 6. The summed E-state index contributed by atoms with van der Waals surface area (Å²) in [5.41, 5.74) is 4.13. The minimum Gasteiger partial charge on any atom is -0.339 e. The van der Waals surface area contributed by atoms with Gasteiger partial charge in [-0.05, 0) is 99.7 Å². The third-order valence-electron chi connectivity index (χ3n) is 11.2. The van der Waals surface area contributed by atoms with E-state index in [9.17, 15) is 18.0 Å². The molecule has 47 heavy (non-hydrogen) atoms. The van der Waals surface area contributed by atoms with Crippen LogP contribution in [0.25, 0.3) is 11.0 Å². The van der Waals surface area contributed by atoms with Gasteiger partial charge < -0.3 is 14.8 Å². The van der Waals surface area contributed by atoms with Crippen molar-refractivity contribution in [2.24, 2.45) is 0 Å². The van der Waals surface area contributed by atoms with Crippen LogP contribution in [0.4, 0.5) is 10.5 Å². The standard InChI is InChI=1S/C36H40N6O4S/c1-24-37-30-9-5-6-10-32(30)42(24)29-22-27-12-13-28(23-29)41(27)20-17-36(26-7-3-2-4-8-26)15-18-40(19-16-36)34(43)25-11-14-33-31(21-25)38-35(44)39-47(33,45)46/h2-11,14,21,27-29H,12-13,15-20,22-23H2,1H3,(H2,38,39,44)/t27-,28+,29+. The third-order valence-corrected chi connectivity index (χ3v) is 12.6. The predicted molar refractivity (Wildman–Crippen MR) is 180 cm³/mol. The van der Waals surface area contributed by atoms with Crippen molar-refractivity contribution in [3.05, 3.63) is 89.7 Å². The summed E-state index contributed by atoms with van der Waals surface area (Å²) in [5.74, 6) is 0.956. The molecule has 3 aromatic carbocycles. The van der Waals surface area contributed by atoms with Gasteiger partial charge in [0, 0.05) is 36.8 Å². The Bertz CT molecular complexity index is 1950. The van der Waals surface area contributed by atoms with Crippen molar-refractivity contribution in [1.29, 1.82) is 0 Å². The number of aryl methyl sites for hydroxylation is 1. The lowest BCUT2D eigenvalue weighted by molar-refractivity contribution is 0.0607. The van der Waals surface area contributed by atoms with Gasteiger partial charge in [0.25, 0.3) is 15.9 Å². The van der Waals surface area contributed by atoms with Gasteiger partial charge in [0.2, 0.25) is 0 Å². The second-order valence-electron chi connectivity index (χ2n) is 13.7. The minimum absolute atomic E-state index is 0.0327. The van der Waals surface area contributed by atoms with Crippen molar-refractivity contribution in [3.63, 3.8) is 0 Å². The van der Waals surface area contributed by atoms with Crippen molar-refractivity contribution in [3.8, 4) is 0 Å². The summed E-state index contributed by atoms with van der Waals surface area (Å²) < 4.78 is 29.1. The summed E-state index contributed by atoms with van der Waals surface area (Å²) in [4.78, 5) is 35.0. The largest absolute Gasteiger partial charge is 0.339 e. The van der Waals surface area contributed by atoms with Crippen molar-refractivity contribution in [2.75, 3.05) is 25.0 Å². The van der Waals surface area contributed by atoms with Crippen LogP contribution in [0, 0.1) is 6.92 Å². The third kappa shape index (κ3) is 5.29. The molecule has 2 N–H and O–H groups in total. The zero-order chi connectivity index (χ0) is 32.3. The summed E-state index contributed by atoms with van der Waals surface area (Å²) in [6.07, 6.45) is 7.54. The molecule has 0 spiro atoms. The van der Waals surface area contributed by atoms with Crippen LogP contribution < -0.4 is 10.0 Å². The molecule has 4 aliphatic rings. The summed E-state index contributed by atoms with van der Waals surface area (Å²) in [5, 5.41) is 2.52. The van der Waals surface area contributed by atoms with E-state index in [-0.39, 0.29) is 21.9 Å². The van der Waals surface area contributed by atoms with E-state index in [0.29, 0.717) is 36.8 Å². The topological polar surface area (TPSA) is 117 Å². The molecule has 0 saturated carbocycles. The van der Waals surface area contributed by atoms with Crippen LogP contribution in [0.1, 0.15) is 72.7 Å². The Morgan fingerprint density at radius 2 is 1.64 bits per heavy atom. The van der Waals surface area contributed by atoms with E-state index < -0.39 is 16.1 Å². The molecule has 3 amide bonds. The Morgan fingerprint density at radius 1 is 0.936 bits per heavy atom. The number of nitrogens with zero attached hydrogens (tertiary/aromatic N) is 4. The van der Waals surface area contributed by atoms with Crippen LogP contribution >= 0.6 is 0 Å². The smallest absolute Gasteiger partial charge is 0.333 e. The van der Waals surface area contributed by atoms with Gasteiger partial charge in [0.15, 0.2) is 0 Å². The molecule has 3 saturated heterocycles. The number of anilines is 1. The van der Waals surface area contributed by atoms with Crippen molar-refractivity contribution < 1.29 is 18.0 Å². The van der Waals surface area contributed by atoms with Crippen LogP contribution in [0.15, 0.2) is 77.7 Å². The van der Waals surface area contributed by atoms with Crippen LogP contribution in [0.3, 0.4) is 0 Å². The molecule has 10 nitrogen and oxygen atoms in total. The monoisotopic (exact) mass is 652 g/mol. The predicted octanol–water partition coefficient (Wildman–Crippen LogP) is 5.60. The molecule has 3 atom stereocenters. The number of benzene rings is 3. The number of piperidine rings is 2. The molecule has 3 fully saturated rings. The lowest BCUT2D eigenvalue weighted by atomic mass is 9.70. The van der Waals surface area contributed by atoms with Gasteiger partial charge in [-0.2, -0.15) is 0 Å². The number of likely N-dealkylation sites (tertiary alicyclic amines) is 1. The number of carbonyl (C=O) groups is 2. The number of imidazole rings is 1. The number of urea groups is 1. The van der Waals surface area contributed by atoms with Gasteiger partial charge in [-0.25, -0.2) is 22.9 Å². The highest BCUT2D eigenvalue weighted by Crippen LogP contribution is 2.45. The Morgan fingerprint density at radius 3 is 2.38 bits per heavy atom. The summed E-state index contributed by atoms with van der Waals surface area (Å²) in [6.45, 7) is 4.40. The Kier molecular flexibility index (Phi) is 7.36. The SMILES string of the molecule is Cc1nc2ccccc2n1[C@H]1C[C@H]2CC[C@@H](C1)N2CCC1(c2ccccc2)CCN(C(=O)c2ccc3c(c2)NC(=O)NS3(=O)=O)CC1. The van der Waals surface area contributed by atoms with Gasteiger partial charge in [-0.15, -0.1) is 0 Å². The Balaban J connectivity index is 0.974. The second-order valence-corrected chi connectivity index (χ2v) is 15.4. The van der Waals surface area contributed by atoms with Gasteiger partial charge >= 0.3 is 6.03 Å².